The second-order valence-corrected chi connectivity index (χ2v) is 4.82. The lowest BCUT2D eigenvalue weighted by atomic mass is 10.1. The SMILES string of the molecule is CCNC(=O)c1ccc(NCC2CNCCOC2)nc1. The van der Waals surface area contributed by atoms with Crippen molar-refractivity contribution in [1.82, 2.24) is 15.6 Å². The molecule has 1 amide bonds. The summed E-state index contributed by atoms with van der Waals surface area (Å²) in [7, 11) is 0. The highest BCUT2D eigenvalue weighted by Crippen LogP contribution is 2.07. The van der Waals surface area contributed by atoms with Crippen LogP contribution in [0.3, 0.4) is 0 Å². The van der Waals surface area contributed by atoms with Crippen LogP contribution in [0.4, 0.5) is 5.82 Å². The van der Waals surface area contributed by atoms with Crippen LogP contribution in [0.25, 0.3) is 0 Å². The van der Waals surface area contributed by atoms with E-state index in [4.69, 9.17) is 4.74 Å². The van der Waals surface area contributed by atoms with Gasteiger partial charge in [-0.05, 0) is 19.1 Å². The number of hydrogen-bond acceptors (Lipinski definition) is 5. The molecular weight excluding hydrogens is 256 g/mol. The van der Waals surface area contributed by atoms with E-state index in [1.54, 1.807) is 12.3 Å². The topological polar surface area (TPSA) is 75.3 Å². The molecule has 6 heteroatoms. The first-order valence-electron chi connectivity index (χ1n) is 7.06. The number of ether oxygens (including phenoxy) is 1. The molecule has 2 heterocycles. The Bertz CT molecular complexity index is 414. The van der Waals surface area contributed by atoms with E-state index in [1.807, 2.05) is 13.0 Å². The normalized spacial score (nSPS) is 19.1. The summed E-state index contributed by atoms with van der Waals surface area (Å²) in [5, 5.41) is 9.36. The van der Waals surface area contributed by atoms with Crippen LogP contribution in [0.1, 0.15) is 17.3 Å². The summed E-state index contributed by atoms with van der Waals surface area (Å²) < 4.78 is 5.50. The van der Waals surface area contributed by atoms with Gasteiger partial charge in [0, 0.05) is 38.3 Å². The zero-order valence-corrected chi connectivity index (χ0v) is 11.8. The van der Waals surface area contributed by atoms with Crippen LogP contribution < -0.4 is 16.0 Å². The molecule has 1 saturated heterocycles. The Labute approximate surface area is 119 Å². The Morgan fingerprint density at radius 1 is 1.55 bits per heavy atom. The molecule has 20 heavy (non-hydrogen) atoms. The molecule has 1 atom stereocenters. The molecule has 6 nitrogen and oxygen atoms in total. The van der Waals surface area contributed by atoms with E-state index in [-0.39, 0.29) is 5.91 Å². The Balaban J connectivity index is 1.82. The van der Waals surface area contributed by atoms with Crippen molar-refractivity contribution in [2.24, 2.45) is 5.92 Å². The molecular formula is C14H22N4O2. The van der Waals surface area contributed by atoms with E-state index in [9.17, 15) is 4.79 Å². The van der Waals surface area contributed by atoms with Crippen LogP contribution in [0.5, 0.6) is 0 Å². The van der Waals surface area contributed by atoms with Gasteiger partial charge in [0.05, 0.1) is 18.8 Å². The fraction of sp³-hybridized carbons (Fsp3) is 0.571. The smallest absolute Gasteiger partial charge is 0.252 e. The molecule has 0 bridgehead atoms. The predicted octanol–water partition coefficient (Wildman–Crippen LogP) is 0.479. The summed E-state index contributed by atoms with van der Waals surface area (Å²) in [6, 6.07) is 3.61. The molecule has 0 saturated carbocycles. The van der Waals surface area contributed by atoms with Crippen molar-refractivity contribution in [2.75, 3.05) is 44.7 Å². The molecule has 1 aliphatic rings. The second-order valence-electron chi connectivity index (χ2n) is 4.82. The van der Waals surface area contributed by atoms with Crippen molar-refractivity contribution in [3.05, 3.63) is 23.9 Å². The van der Waals surface area contributed by atoms with Crippen molar-refractivity contribution in [2.45, 2.75) is 6.92 Å². The number of hydrogen-bond donors (Lipinski definition) is 3. The van der Waals surface area contributed by atoms with Crippen LogP contribution in [-0.4, -0.2) is 50.3 Å². The molecule has 3 N–H and O–H groups in total. The Hall–Kier alpha value is -1.66. The molecule has 1 aromatic heterocycles. The molecule has 0 spiro atoms. The molecule has 1 aromatic rings. The van der Waals surface area contributed by atoms with E-state index in [0.717, 1.165) is 38.7 Å². The number of nitrogens with zero attached hydrogens (tertiary/aromatic N) is 1. The van der Waals surface area contributed by atoms with Crippen LogP contribution in [-0.2, 0) is 4.74 Å². The highest BCUT2D eigenvalue weighted by Gasteiger charge is 2.12. The molecule has 110 valence electrons. The molecule has 1 fully saturated rings. The lowest BCUT2D eigenvalue weighted by Gasteiger charge is -2.15. The maximum atomic E-state index is 11.6. The van der Waals surface area contributed by atoms with Crippen LogP contribution >= 0.6 is 0 Å². The maximum Gasteiger partial charge on any atom is 0.252 e. The molecule has 1 unspecified atom stereocenters. The molecule has 1 aliphatic heterocycles. The summed E-state index contributed by atoms with van der Waals surface area (Å²) in [6.45, 7) is 6.71. The van der Waals surface area contributed by atoms with E-state index in [1.165, 1.54) is 0 Å². The Morgan fingerprint density at radius 2 is 2.45 bits per heavy atom. The van der Waals surface area contributed by atoms with Gasteiger partial charge in [-0.25, -0.2) is 4.98 Å². The van der Waals surface area contributed by atoms with Crippen molar-refractivity contribution in [3.8, 4) is 0 Å². The van der Waals surface area contributed by atoms with Crippen molar-refractivity contribution in [3.63, 3.8) is 0 Å². The summed E-state index contributed by atoms with van der Waals surface area (Å²) in [5.74, 6) is 1.12. The number of pyridine rings is 1. The Morgan fingerprint density at radius 3 is 3.20 bits per heavy atom. The average molecular weight is 278 g/mol. The largest absolute Gasteiger partial charge is 0.380 e. The fourth-order valence-electron chi connectivity index (χ4n) is 2.03. The number of rotatable bonds is 5. The van der Waals surface area contributed by atoms with E-state index in [2.05, 4.69) is 20.9 Å². The van der Waals surface area contributed by atoms with Crippen LogP contribution in [0, 0.1) is 5.92 Å². The minimum Gasteiger partial charge on any atom is -0.380 e. The van der Waals surface area contributed by atoms with E-state index < -0.39 is 0 Å². The zero-order valence-electron chi connectivity index (χ0n) is 11.8. The number of carbonyl (C=O) groups excluding carboxylic acids is 1. The van der Waals surface area contributed by atoms with E-state index >= 15 is 0 Å². The van der Waals surface area contributed by atoms with Gasteiger partial charge in [0.25, 0.3) is 5.91 Å². The summed E-state index contributed by atoms with van der Waals surface area (Å²) in [5.41, 5.74) is 0.580. The first-order chi connectivity index (χ1) is 9.79. The van der Waals surface area contributed by atoms with Gasteiger partial charge < -0.3 is 20.7 Å². The monoisotopic (exact) mass is 278 g/mol. The molecule has 0 radical (unpaired) electrons. The van der Waals surface area contributed by atoms with Crippen molar-refractivity contribution < 1.29 is 9.53 Å². The van der Waals surface area contributed by atoms with Gasteiger partial charge in [0.1, 0.15) is 5.82 Å². The van der Waals surface area contributed by atoms with Gasteiger partial charge in [0.2, 0.25) is 0 Å². The molecule has 0 aliphatic carbocycles. The highest BCUT2D eigenvalue weighted by molar-refractivity contribution is 5.93. The Kier molecular flexibility index (Phi) is 5.76. The number of nitrogens with one attached hydrogen (secondary N) is 3. The first-order valence-corrected chi connectivity index (χ1v) is 7.06. The van der Waals surface area contributed by atoms with Crippen LogP contribution in [0.15, 0.2) is 18.3 Å². The summed E-state index contributed by atoms with van der Waals surface area (Å²) >= 11 is 0. The second kappa shape index (κ2) is 7.81. The number of amides is 1. The minimum absolute atomic E-state index is 0.0899. The van der Waals surface area contributed by atoms with Gasteiger partial charge >= 0.3 is 0 Å². The predicted molar refractivity (Wildman–Crippen MR) is 77.9 cm³/mol. The average Bonchev–Trinajstić information content (AvgIpc) is 2.74. The number of carbonyl (C=O) groups is 1. The fourth-order valence-corrected chi connectivity index (χ4v) is 2.03. The van der Waals surface area contributed by atoms with Gasteiger partial charge in [-0.1, -0.05) is 0 Å². The van der Waals surface area contributed by atoms with Gasteiger partial charge in [-0.15, -0.1) is 0 Å². The van der Waals surface area contributed by atoms with Crippen molar-refractivity contribution in [1.29, 1.82) is 0 Å². The molecule has 2 rings (SSSR count). The lowest BCUT2D eigenvalue weighted by molar-refractivity contribution is 0.0955. The lowest BCUT2D eigenvalue weighted by Crippen LogP contribution is -2.28. The third-order valence-electron chi connectivity index (χ3n) is 3.14. The third-order valence-corrected chi connectivity index (χ3v) is 3.14. The van der Waals surface area contributed by atoms with Crippen LogP contribution in [0.2, 0.25) is 0 Å². The minimum atomic E-state index is -0.0899. The molecule has 0 aromatic carbocycles. The van der Waals surface area contributed by atoms with Gasteiger partial charge in [-0.3, -0.25) is 4.79 Å². The zero-order chi connectivity index (χ0) is 14.2. The van der Waals surface area contributed by atoms with Crippen molar-refractivity contribution >= 4 is 11.7 Å². The number of aromatic nitrogens is 1. The quantitative estimate of drug-likeness (QED) is 0.730. The summed E-state index contributed by atoms with van der Waals surface area (Å²) in [4.78, 5) is 15.9. The first kappa shape index (κ1) is 14.7. The standard InChI is InChI=1S/C14H22N4O2/c1-2-16-14(19)12-3-4-13(18-9-12)17-8-11-7-15-5-6-20-10-11/h3-4,9,11,15H,2,5-8,10H2,1H3,(H,16,19)(H,17,18). The van der Waals surface area contributed by atoms with E-state index in [0.29, 0.717) is 18.0 Å². The maximum absolute atomic E-state index is 11.6. The number of anilines is 1. The highest BCUT2D eigenvalue weighted by atomic mass is 16.5. The van der Waals surface area contributed by atoms with Gasteiger partial charge in [0.15, 0.2) is 0 Å². The summed E-state index contributed by atoms with van der Waals surface area (Å²) in [6.07, 6.45) is 1.59. The van der Waals surface area contributed by atoms with Gasteiger partial charge in [-0.2, -0.15) is 0 Å². The third kappa shape index (κ3) is 4.47.